The van der Waals surface area contributed by atoms with Crippen molar-refractivity contribution in [2.45, 2.75) is 31.6 Å². The summed E-state index contributed by atoms with van der Waals surface area (Å²) in [6, 6.07) is 2.58. The molecular formula is C16H18F2N2O3S2. The maximum absolute atomic E-state index is 14.3. The second-order valence-electron chi connectivity index (χ2n) is 6.31. The minimum Gasteiger partial charge on any atom is -0.313 e. The van der Waals surface area contributed by atoms with Gasteiger partial charge in [0.1, 0.15) is 11.6 Å². The number of carbonyl (C=O) groups is 1. The Kier molecular flexibility index (Phi) is 4.89. The first-order chi connectivity index (χ1) is 11.7. The Labute approximate surface area is 149 Å². The summed E-state index contributed by atoms with van der Waals surface area (Å²) < 4.78 is 51.4. The normalized spacial score (nSPS) is 27.5. The number of sulfone groups is 1. The zero-order chi connectivity index (χ0) is 18.4. The van der Waals surface area contributed by atoms with Gasteiger partial charge in [-0.1, -0.05) is 25.6 Å². The number of thioether (sulfide) groups is 1. The van der Waals surface area contributed by atoms with Crippen LogP contribution >= 0.6 is 11.8 Å². The van der Waals surface area contributed by atoms with Crippen molar-refractivity contribution < 1.29 is 22.0 Å². The van der Waals surface area contributed by atoms with Crippen molar-refractivity contribution in [2.75, 3.05) is 16.4 Å². The molecule has 2 heterocycles. The lowest BCUT2D eigenvalue weighted by Gasteiger charge is -2.25. The molecule has 136 valence electrons. The number of rotatable bonds is 3. The molecule has 3 atom stereocenters. The number of anilines is 1. The average Bonchev–Trinajstić information content (AvgIpc) is 2.98. The molecule has 0 aliphatic carbocycles. The topological polar surface area (TPSA) is 66.8 Å². The molecule has 2 fully saturated rings. The molecule has 2 aliphatic heterocycles. The molecule has 1 amide bonds. The van der Waals surface area contributed by atoms with Gasteiger partial charge in [0.2, 0.25) is 0 Å². The predicted molar refractivity (Wildman–Crippen MR) is 94.6 cm³/mol. The Hall–Kier alpha value is -1.48. The number of amidine groups is 1. The van der Waals surface area contributed by atoms with Crippen LogP contribution in [0, 0.1) is 17.6 Å². The van der Waals surface area contributed by atoms with Crippen LogP contribution in [0.5, 0.6) is 0 Å². The van der Waals surface area contributed by atoms with Crippen molar-refractivity contribution in [2.24, 2.45) is 10.9 Å². The second kappa shape index (κ2) is 6.68. The van der Waals surface area contributed by atoms with Crippen molar-refractivity contribution in [1.29, 1.82) is 0 Å². The Morgan fingerprint density at radius 2 is 2.12 bits per heavy atom. The molecule has 0 spiro atoms. The highest BCUT2D eigenvalue weighted by atomic mass is 32.2. The quantitative estimate of drug-likeness (QED) is 0.796. The Morgan fingerprint density at radius 1 is 1.40 bits per heavy atom. The SMILES string of the molecule is CC[C@H](C)C(=O)N=C1S[C@H]2CS(=O)(=O)C[C@@H]2N1c1ccc(F)cc1F. The van der Waals surface area contributed by atoms with Crippen molar-refractivity contribution in [3.63, 3.8) is 0 Å². The smallest absolute Gasteiger partial charge is 0.250 e. The van der Waals surface area contributed by atoms with Gasteiger partial charge in [-0.25, -0.2) is 17.2 Å². The van der Waals surface area contributed by atoms with Crippen molar-refractivity contribution >= 4 is 38.4 Å². The molecule has 0 unspecified atom stereocenters. The fourth-order valence-electron chi connectivity index (χ4n) is 2.90. The lowest BCUT2D eigenvalue weighted by atomic mass is 10.1. The monoisotopic (exact) mass is 388 g/mol. The van der Waals surface area contributed by atoms with Gasteiger partial charge in [-0.2, -0.15) is 4.99 Å². The number of fused-ring (bicyclic) bond motifs is 1. The van der Waals surface area contributed by atoms with Crippen LogP contribution in [-0.4, -0.2) is 42.3 Å². The molecule has 0 bridgehead atoms. The Balaban J connectivity index is 2.04. The molecule has 25 heavy (non-hydrogen) atoms. The first-order valence-corrected chi connectivity index (χ1v) is 10.7. The van der Waals surface area contributed by atoms with Gasteiger partial charge in [-0.3, -0.25) is 4.79 Å². The summed E-state index contributed by atoms with van der Waals surface area (Å²) in [6.45, 7) is 3.61. The first kappa shape index (κ1) is 18.3. The van der Waals surface area contributed by atoms with Crippen LogP contribution in [0.15, 0.2) is 23.2 Å². The number of carbonyl (C=O) groups excluding carboxylic acids is 1. The van der Waals surface area contributed by atoms with Crippen LogP contribution in [0.4, 0.5) is 14.5 Å². The fourth-order valence-corrected chi connectivity index (χ4v) is 6.81. The van der Waals surface area contributed by atoms with E-state index in [0.717, 1.165) is 12.1 Å². The standard InChI is InChI=1S/C16H18F2N2O3S2/c1-3-9(2)15(21)19-16-20(12-5-4-10(17)6-11(12)18)13-7-25(22,23)8-14(13)24-16/h4-6,9,13-14H,3,7-8H2,1-2H3/t9-,13-,14-/m0/s1. The second-order valence-corrected chi connectivity index (χ2v) is 9.67. The number of aliphatic imine (C=N–C) groups is 1. The molecule has 1 aromatic rings. The summed E-state index contributed by atoms with van der Waals surface area (Å²) in [7, 11) is -3.24. The van der Waals surface area contributed by atoms with Crippen LogP contribution in [0.3, 0.4) is 0 Å². The highest BCUT2D eigenvalue weighted by Crippen LogP contribution is 2.41. The number of amides is 1. The third kappa shape index (κ3) is 3.57. The average molecular weight is 388 g/mol. The van der Waals surface area contributed by atoms with Crippen molar-refractivity contribution in [3.8, 4) is 0 Å². The maximum atomic E-state index is 14.3. The van der Waals surface area contributed by atoms with Gasteiger partial charge >= 0.3 is 0 Å². The van der Waals surface area contributed by atoms with Crippen LogP contribution in [0.2, 0.25) is 0 Å². The van der Waals surface area contributed by atoms with E-state index in [2.05, 4.69) is 4.99 Å². The molecule has 0 N–H and O–H groups in total. The van der Waals surface area contributed by atoms with Crippen molar-refractivity contribution in [3.05, 3.63) is 29.8 Å². The summed E-state index contributed by atoms with van der Waals surface area (Å²) in [4.78, 5) is 17.7. The largest absolute Gasteiger partial charge is 0.313 e. The summed E-state index contributed by atoms with van der Waals surface area (Å²) >= 11 is 1.17. The zero-order valence-corrected chi connectivity index (χ0v) is 15.4. The van der Waals surface area contributed by atoms with Gasteiger partial charge in [0, 0.05) is 17.2 Å². The predicted octanol–water partition coefficient (Wildman–Crippen LogP) is 2.61. The Bertz CT molecular complexity index is 842. The summed E-state index contributed by atoms with van der Waals surface area (Å²) in [5, 5.41) is -0.0429. The molecule has 0 saturated carbocycles. The van der Waals surface area contributed by atoms with Gasteiger partial charge in [0.05, 0.1) is 23.2 Å². The van der Waals surface area contributed by atoms with Gasteiger partial charge in [-0.15, -0.1) is 0 Å². The van der Waals surface area contributed by atoms with Crippen LogP contribution < -0.4 is 4.90 Å². The van der Waals surface area contributed by atoms with E-state index in [-0.39, 0.29) is 39.4 Å². The van der Waals surface area contributed by atoms with E-state index in [1.165, 1.54) is 22.7 Å². The molecule has 9 heteroatoms. The third-order valence-corrected chi connectivity index (χ3v) is 7.69. The minimum atomic E-state index is -3.24. The molecule has 2 aliphatic rings. The van der Waals surface area contributed by atoms with E-state index in [9.17, 15) is 22.0 Å². The molecule has 2 saturated heterocycles. The van der Waals surface area contributed by atoms with Crippen LogP contribution in [0.1, 0.15) is 20.3 Å². The van der Waals surface area contributed by atoms with Crippen LogP contribution in [0.25, 0.3) is 0 Å². The molecular weight excluding hydrogens is 370 g/mol. The first-order valence-electron chi connectivity index (χ1n) is 7.95. The highest BCUT2D eigenvalue weighted by Gasteiger charge is 2.50. The summed E-state index contributed by atoms with van der Waals surface area (Å²) in [6.07, 6.45) is 0.617. The van der Waals surface area contributed by atoms with Crippen molar-refractivity contribution in [1.82, 2.24) is 0 Å². The minimum absolute atomic E-state index is 0.0363. The van der Waals surface area contributed by atoms with Crippen LogP contribution in [-0.2, 0) is 14.6 Å². The van der Waals surface area contributed by atoms with E-state index in [1.54, 1.807) is 6.92 Å². The summed E-state index contributed by atoms with van der Waals surface area (Å²) in [5.41, 5.74) is 0.0363. The van der Waals surface area contributed by atoms with Gasteiger partial charge in [0.15, 0.2) is 15.0 Å². The van der Waals surface area contributed by atoms with E-state index >= 15 is 0 Å². The number of halogens is 2. The number of hydrogen-bond acceptors (Lipinski definition) is 4. The van der Waals surface area contributed by atoms with E-state index < -0.39 is 27.5 Å². The molecule has 0 radical (unpaired) electrons. The molecule has 0 aromatic heterocycles. The third-order valence-electron chi connectivity index (χ3n) is 4.48. The molecule has 5 nitrogen and oxygen atoms in total. The molecule has 3 rings (SSSR count). The van der Waals surface area contributed by atoms with E-state index in [1.807, 2.05) is 6.92 Å². The maximum Gasteiger partial charge on any atom is 0.250 e. The van der Waals surface area contributed by atoms with Gasteiger partial charge in [-0.05, 0) is 18.6 Å². The lowest BCUT2D eigenvalue weighted by molar-refractivity contribution is -0.121. The van der Waals surface area contributed by atoms with E-state index in [4.69, 9.17) is 0 Å². The van der Waals surface area contributed by atoms with Gasteiger partial charge in [0.25, 0.3) is 5.91 Å². The Morgan fingerprint density at radius 3 is 2.76 bits per heavy atom. The fraction of sp³-hybridized carbons (Fsp3) is 0.500. The lowest BCUT2D eigenvalue weighted by Crippen LogP contribution is -2.38. The highest BCUT2D eigenvalue weighted by molar-refractivity contribution is 8.16. The zero-order valence-electron chi connectivity index (χ0n) is 13.8. The molecule has 1 aromatic carbocycles. The summed E-state index contributed by atoms with van der Waals surface area (Å²) in [5.74, 6) is -2.33. The van der Waals surface area contributed by atoms with E-state index in [0.29, 0.717) is 6.42 Å². The number of hydrogen-bond donors (Lipinski definition) is 0. The van der Waals surface area contributed by atoms with Gasteiger partial charge < -0.3 is 4.90 Å². The number of nitrogens with zero attached hydrogens (tertiary/aromatic N) is 2. The number of benzene rings is 1.